The first kappa shape index (κ1) is 23.8. The Hall–Kier alpha value is -2.19. The molecule has 0 bridgehead atoms. The number of aliphatic hydroxyl groups excluding tert-OH is 1. The normalized spacial score (nSPS) is 12.2. The van der Waals surface area contributed by atoms with Gasteiger partial charge < -0.3 is 19.5 Å². The van der Waals surface area contributed by atoms with Gasteiger partial charge >= 0.3 is 0 Å². The van der Waals surface area contributed by atoms with Gasteiger partial charge in [0.2, 0.25) is 0 Å². The maximum Gasteiger partial charge on any atom is 0.116 e. The van der Waals surface area contributed by atoms with Gasteiger partial charge in [-0.15, -0.1) is 0 Å². The van der Waals surface area contributed by atoms with E-state index in [0.717, 1.165) is 0 Å². The average molecular weight is 362 g/mol. The van der Waals surface area contributed by atoms with Gasteiger partial charge in [0.1, 0.15) is 12.6 Å². The third-order valence-electron chi connectivity index (χ3n) is 4.19. The van der Waals surface area contributed by atoms with Crippen LogP contribution >= 0.6 is 0 Å². The van der Waals surface area contributed by atoms with E-state index in [-0.39, 0.29) is 6.42 Å². The second-order valence-electron chi connectivity index (χ2n) is 6.44. The van der Waals surface area contributed by atoms with E-state index >= 15 is 0 Å². The van der Waals surface area contributed by atoms with Crippen molar-refractivity contribution in [2.24, 2.45) is 0 Å². The molecule has 0 aromatic rings. The fraction of sp³-hybridized carbons (Fsp3) is 0.632. The summed E-state index contributed by atoms with van der Waals surface area (Å²) in [7, 11) is 0. The lowest BCUT2D eigenvalue weighted by molar-refractivity contribution is -0.920. The van der Waals surface area contributed by atoms with Crippen molar-refractivity contribution in [3.63, 3.8) is 0 Å². The van der Waals surface area contributed by atoms with E-state index in [1.165, 1.54) is 0 Å². The first-order valence-electron chi connectivity index (χ1n) is 8.84. The second-order valence-corrected chi connectivity index (χ2v) is 6.44. The Morgan fingerprint density at radius 1 is 1.19 bits per heavy atom. The largest absolute Gasteiger partial charge is 0.550 e. The van der Waals surface area contributed by atoms with Gasteiger partial charge in [-0.3, -0.25) is 4.90 Å². The highest BCUT2D eigenvalue weighted by molar-refractivity contribution is 5.64. The highest BCUT2D eigenvalue weighted by Gasteiger charge is 2.28. The standard InChI is InChI=1S/C19H30N4O3/c1-3-13-23(14-4-2,15-5-8-19(25)26)17-18(24)16-22(11-6-9-20)12-7-10-21/h3-4,18,24H,1-2,5-8,11-17H2. The summed E-state index contributed by atoms with van der Waals surface area (Å²) in [6, 6.07) is 4.15. The lowest BCUT2D eigenvalue weighted by Crippen LogP contribution is -2.55. The summed E-state index contributed by atoms with van der Waals surface area (Å²) < 4.78 is 0.464. The molecule has 7 heteroatoms. The fourth-order valence-corrected chi connectivity index (χ4v) is 3.12. The SMILES string of the molecule is C=CC[N+](CC=C)(CCCC(=O)[O-])CC(O)CN(CCC#N)CCC#N. The Balaban J connectivity index is 4.98. The number of carbonyl (C=O) groups excluding carboxylic acids is 1. The van der Waals surface area contributed by atoms with Gasteiger partial charge in [-0.05, 0) is 18.6 Å². The van der Waals surface area contributed by atoms with E-state index in [0.29, 0.717) is 69.6 Å². The number of aliphatic carboxylic acids is 1. The first-order valence-corrected chi connectivity index (χ1v) is 8.84. The zero-order valence-corrected chi connectivity index (χ0v) is 15.5. The van der Waals surface area contributed by atoms with Gasteiger partial charge in [0.15, 0.2) is 0 Å². The molecule has 0 heterocycles. The number of aliphatic hydroxyl groups is 1. The summed E-state index contributed by atoms with van der Waals surface area (Å²) in [5.74, 6) is -1.08. The van der Waals surface area contributed by atoms with Gasteiger partial charge in [0, 0.05) is 44.9 Å². The molecule has 0 amide bonds. The molecule has 1 N–H and O–H groups in total. The Morgan fingerprint density at radius 2 is 1.73 bits per heavy atom. The van der Waals surface area contributed by atoms with E-state index in [2.05, 4.69) is 25.3 Å². The molecule has 144 valence electrons. The molecule has 0 radical (unpaired) electrons. The molecule has 0 saturated heterocycles. The number of quaternary nitrogens is 1. The van der Waals surface area contributed by atoms with Crippen LogP contribution in [0.1, 0.15) is 25.7 Å². The zero-order chi connectivity index (χ0) is 19.8. The lowest BCUT2D eigenvalue weighted by atomic mass is 10.1. The van der Waals surface area contributed by atoms with E-state index in [4.69, 9.17) is 10.5 Å². The minimum atomic E-state index is -1.08. The third kappa shape index (κ3) is 10.6. The minimum absolute atomic E-state index is 0.0269. The summed E-state index contributed by atoms with van der Waals surface area (Å²) in [5.41, 5.74) is 0. The number of carboxylic acids is 1. The Morgan fingerprint density at radius 3 is 2.15 bits per heavy atom. The predicted octanol–water partition coefficient (Wildman–Crippen LogP) is 0.196. The smallest absolute Gasteiger partial charge is 0.116 e. The minimum Gasteiger partial charge on any atom is -0.550 e. The summed E-state index contributed by atoms with van der Waals surface area (Å²) >= 11 is 0. The van der Waals surface area contributed by atoms with Crippen LogP contribution in [0.15, 0.2) is 25.3 Å². The van der Waals surface area contributed by atoms with Crippen LogP contribution in [-0.4, -0.2) is 72.4 Å². The van der Waals surface area contributed by atoms with Gasteiger partial charge in [0.05, 0.1) is 31.8 Å². The van der Waals surface area contributed by atoms with Crippen LogP contribution in [0.2, 0.25) is 0 Å². The highest BCUT2D eigenvalue weighted by atomic mass is 16.4. The molecule has 0 rings (SSSR count). The quantitative estimate of drug-likeness (QED) is 0.310. The van der Waals surface area contributed by atoms with Gasteiger partial charge in [0.25, 0.3) is 0 Å². The maximum absolute atomic E-state index is 10.7. The van der Waals surface area contributed by atoms with E-state index in [1.807, 2.05) is 4.90 Å². The molecule has 7 nitrogen and oxygen atoms in total. The molecule has 1 unspecified atom stereocenters. The van der Waals surface area contributed by atoms with Crippen molar-refractivity contribution >= 4 is 5.97 Å². The maximum atomic E-state index is 10.7. The third-order valence-corrected chi connectivity index (χ3v) is 4.19. The Kier molecular flexibility index (Phi) is 12.8. The van der Waals surface area contributed by atoms with Crippen molar-refractivity contribution < 1.29 is 19.5 Å². The van der Waals surface area contributed by atoms with Gasteiger partial charge in [-0.1, -0.05) is 13.2 Å². The molecule has 0 aromatic carbocycles. The van der Waals surface area contributed by atoms with Crippen LogP contribution in [-0.2, 0) is 4.79 Å². The van der Waals surface area contributed by atoms with Crippen LogP contribution in [0.25, 0.3) is 0 Å². The van der Waals surface area contributed by atoms with Crippen LogP contribution in [0.3, 0.4) is 0 Å². The number of nitriles is 2. The number of rotatable bonds is 16. The number of nitrogens with zero attached hydrogens (tertiary/aromatic N) is 4. The molecule has 0 spiro atoms. The topological polar surface area (TPSA) is 111 Å². The summed E-state index contributed by atoms with van der Waals surface area (Å²) in [6.45, 7) is 11.1. The molecule has 1 atom stereocenters. The lowest BCUT2D eigenvalue weighted by Gasteiger charge is -2.39. The first-order chi connectivity index (χ1) is 12.4. The predicted molar refractivity (Wildman–Crippen MR) is 97.3 cm³/mol. The van der Waals surface area contributed by atoms with Gasteiger partial charge in [-0.25, -0.2) is 0 Å². The van der Waals surface area contributed by atoms with E-state index in [1.54, 1.807) is 12.2 Å². The van der Waals surface area contributed by atoms with Crippen molar-refractivity contribution in [3.8, 4) is 12.1 Å². The van der Waals surface area contributed by atoms with Crippen LogP contribution in [0.5, 0.6) is 0 Å². The van der Waals surface area contributed by atoms with Crippen molar-refractivity contribution in [3.05, 3.63) is 25.3 Å². The van der Waals surface area contributed by atoms with Crippen molar-refractivity contribution in [1.82, 2.24) is 4.90 Å². The molecular weight excluding hydrogens is 332 g/mol. The molecule has 0 saturated carbocycles. The van der Waals surface area contributed by atoms with Crippen molar-refractivity contribution in [1.29, 1.82) is 10.5 Å². The summed E-state index contributed by atoms with van der Waals surface area (Å²) in [6.07, 6.45) is 3.95. The monoisotopic (exact) mass is 362 g/mol. The zero-order valence-electron chi connectivity index (χ0n) is 15.5. The Bertz CT molecular complexity index is 494. The highest BCUT2D eigenvalue weighted by Crippen LogP contribution is 2.13. The van der Waals surface area contributed by atoms with E-state index in [9.17, 15) is 15.0 Å². The summed E-state index contributed by atoms with van der Waals surface area (Å²) in [4.78, 5) is 12.6. The molecule has 0 aliphatic heterocycles. The number of carbonyl (C=O) groups is 1. The van der Waals surface area contributed by atoms with E-state index < -0.39 is 12.1 Å². The molecular formula is C19H30N4O3. The molecule has 0 aromatic heterocycles. The fourth-order valence-electron chi connectivity index (χ4n) is 3.12. The summed E-state index contributed by atoms with van der Waals surface area (Å²) in [5, 5.41) is 38.8. The molecule has 0 aliphatic rings. The van der Waals surface area contributed by atoms with Crippen LogP contribution < -0.4 is 5.11 Å². The van der Waals surface area contributed by atoms with Gasteiger partial charge in [-0.2, -0.15) is 10.5 Å². The van der Waals surface area contributed by atoms with Crippen molar-refractivity contribution in [2.75, 3.05) is 45.8 Å². The second kappa shape index (κ2) is 14.0. The molecule has 26 heavy (non-hydrogen) atoms. The molecule has 0 aliphatic carbocycles. The Labute approximate surface area is 156 Å². The average Bonchev–Trinajstić information content (AvgIpc) is 2.57. The van der Waals surface area contributed by atoms with Crippen LogP contribution in [0.4, 0.5) is 0 Å². The van der Waals surface area contributed by atoms with Crippen molar-refractivity contribution in [2.45, 2.75) is 31.8 Å². The number of hydrogen-bond donors (Lipinski definition) is 1. The van der Waals surface area contributed by atoms with Crippen LogP contribution in [0, 0.1) is 22.7 Å². The molecule has 0 fully saturated rings. The number of hydrogen-bond acceptors (Lipinski definition) is 6. The number of carboxylic acid groups (broad SMARTS) is 1.